The first-order valence-corrected chi connectivity index (χ1v) is 8.58. The van der Waals surface area contributed by atoms with Crippen LogP contribution in [0.15, 0.2) is 17.3 Å². The van der Waals surface area contributed by atoms with E-state index in [-0.39, 0.29) is 22.6 Å². The molecule has 1 aliphatic heterocycles. The largest absolute Gasteiger partial charge is 0.299 e. The molecule has 2 unspecified atom stereocenters. The summed E-state index contributed by atoms with van der Waals surface area (Å²) < 4.78 is 26.7. The molecule has 2 atom stereocenters. The van der Waals surface area contributed by atoms with Crippen LogP contribution in [0.1, 0.15) is 38.5 Å². The second-order valence-electron chi connectivity index (χ2n) is 5.58. The van der Waals surface area contributed by atoms with Gasteiger partial charge in [0.05, 0.1) is 6.20 Å². The summed E-state index contributed by atoms with van der Waals surface area (Å²) in [6.07, 6.45) is 7.71. The van der Waals surface area contributed by atoms with Crippen molar-refractivity contribution in [3.8, 4) is 0 Å². The van der Waals surface area contributed by atoms with Crippen LogP contribution in [0.25, 0.3) is 0 Å². The first kappa shape index (κ1) is 13.8. The number of carbonyl (C=O) groups is 1. The molecule has 0 radical (unpaired) electrons. The van der Waals surface area contributed by atoms with Gasteiger partial charge in [0.25, 0.3) is 0 Å². The van der Waals surface area contributed by atoms with Gasteiger partial charge >= 0.3 is 0 Å². The molecular weight excluding hydrogens is 278 g/mol. The van der Waals surface area contributed by atoms with Gasteiger partial charge in [0, 0.05) is 31.1 Å². The predicted molar refractivity (Wildman–Crippen MR) is 72.5 cm³/mol. The zero-order valence-corrected chi connectivity index (χ0v) is 12.1. The minimum atomic E-state index is -3.53. The highest BCUT2D eigenvalue weighted by Crippen LogP contribution is 2.35. The van der Waals surface area contributed by atoms with Crippen molar-refractivity contribution >= 4 is 15.8 Å². The average molecular weight is 297 g/mol. The maximum atomic E-state index is 12.6. The SMILES string of the molecule is O=C1CCCCC1C1CCCN1S(=O)(=O)c1cn[nH]c1. The van der Waals surface area contributed by atoms with Gasteiger partial charge in [-0.15, -0.1) is 0 Å². The molecule has 0 aromatic carbocycles. The Morgan fingerprint density at radius 1 is 1.25 bits per heavy atom. The molecule has 0 bridgehead atoms. The summed E-state index contributed by atoms with van der Waals surface area (Å²) in [5.74, 6) is 0.114. The Bertz CT molecular complexity index is 582. The molecule has 2 heterocycles. The number of rotatable bonds is 3. The molecule has 6 nitrogen and oxygen atoms in total. The molecule has 20 heavy (non-hydrogen) atoms. The quantitative estimate of drug-likeness (QED) is 0.912. The first-order valence-electron chi connectivity index (χ1n) is 7.14. The number of aromatic nitrogens is 2. The van der Waals surface area contributed by atoms with Crippen LogP contribution < -0.4 is 0 Å². The normalized spacial score (nSPS) is 28.9. The second-order valence-corrected chi connectivity index (χ2v) is 7.47. The first-order chi connectivity index (χ1) is 9.60. The number of ketones is 1. The van der Waals surface area contributed by atoms with Crippen LogP contribution in [0.3, 0.4) is 0 Å². The standard InChI is InChI=1S/C13H19N3O3S/c17-13-6-2-1-4-11(13)12-5-3-7-16(12)20(18,19)10-8-14-15-9-10/h8-9,11-12H,1-7H2,(H,14,15). The van der Waals surface area contributed by atoms with Crippen LogP contribution in [0.2, 0.25) is 0 Å². The number of hydrogen-bond donors (Lipinski definition) is 1. The number of hydrogen-bond acceptors (Lipinski definition) is 4. The van der Waals surface area contributed by atoms with E-state index < -0.39 is 10.0 Å². The van der Waals surface area contributed by atoms with Crippen molar-refractivity contribution in [1.29, 1.82) is 0 Å². The number of carbonyl (C=O) groups excluding carboxylic acids is 1. The van der Waals surface area contributed by atoms with Gasteiger partial charge in [-0.1, -0.05) is 6.42 Å². The topological polar surface area (TPSA) is 83.1 Å². The Morgan fingerprint density at radius 3 is 2.80 bits per heavy atom. The van der Waals surface area contributed by atoms with Gasteiger partial charge in [0.2, 0.25) is 10.0 Å². The molecular formula is C13H19N3O3S. The molecule has 110 valence electrons. The maximum Gasteiger partial charge on any atom is 0.246 e. The molecule has 1 aliphatic carbocycles. The number of nitrogens with zero attached hydrogens (tertiary/aromatic N) is 2. The van der Waals surface area contributed by atoms with Gasteiger partial charge in [0.1, 0.15) is 10.7 Å². The fourth-order valence-corrected chi connectivity index (χ4v) is 5.04. The van der Waals surface area contributed by atoms with E-state index in [9.17, 15) is 13.2 Å². The molecule has 1 saturated heterocycles. The van der Waals surface area contributed by atoms with Gasteiger partial charge in [0.15, 0.2) is 0 Å². The predicted octanol–water partition coefficient (Wildman–Crippen LogP) is 1.32. The highest BCUT2D eigenvalue weighted by Gasteiger charge is 2.42. The van der Waals surface area contributed by atoms with E-state index in [1.807, 2.05) is 0 Å². The van der Waals surface area contributed by atoms with E-state index in [2.05, 4.69) is 10.2 Å². The number of Topliss-reactive ketones (excluding diaryl/α,β-unsaturated/α-hetero) is 1. The molecule has 1 N–H and O–H groups in total. The summed E-state index contributed by atoms with van der Waals surface area (Å²) in [7, 11) is -3.53. The molecule has 1 aromatic rings. The van der Waals surface area contributed by atoms with E-state index in [4.69, 9.17) is 0 Å². The lowest BCUT2D eigenvalue weighted by Crippen LogP contribution is -2.43. The second kappa shape index (κ2) is 5.29. The summed E-state index contributed by atoms with van der Waals surface area (Å²) in [6.45, 7) is 0.502. The number of sulfonamides is 1. The van der Waals surface area contributed by atoms with Gasteiger partial charge in [-0.2, -0.15) is 9.40 Å². The Kier molecular flexibility index (Phi) is 3.64. The zero-order chi connectivity index (χ0) is 14.2. The fourth-order valence-electron chi connectivity index (χ4n) is 3.40. The minimum absolute atomic E-state index is 0.118. The van der Waals surface area contributed by atoms with Crippen LogP contribution >= 0.6 is 0 Å². The van der Waals surface area contributed by atoms with Crippen molar-refractivity contribution in [3.63, 3.8) is 0 Å². The third-order valence-electron chi connectivity index (χ3n) is 4.39. The zero-order valence-electron chi connectivity index (χ0n) is 11.3. The summed E-state index contributed by atoms with van der Waals surface area (Å²) >= 11 is 0. The van der Waals surface area contributed by atoms with Crippen molar-refractivity contribution < 1.29 is 13.2 Å². The molecule has 2 aliphatic rings. The van der Waals surface area contributed by atoms with Crippen LogP contribution in [-0.4, -0.2) is 41.3 Å². The molecule has 3 rings (SSSR count). The van der Waals surface area contributed by atoms with E-state index in [1.54, 1.807) is 0 Å². The lowest BCUT2D eigenvalue weighted by Gasteiger charge is -2.32. The molecule has 0 amide bonds. The Balaban J connectivity index is 1.87. The van der Waals surface area contributed by atoms with Crippen LogP contribution in [0, 0.1) is 5.92 Å². The highest BCUT2D eigenvalue weighted by atomic mass is 32.2. The van der Waals surface area contributed by atoms with Gasteiger partial charge in [-0.3, -0.25) is 9.89 Å². The Labute approximate surface area is 118 Å². The minimum Gasteiger partial charge on any atom is -0.299 e. The number of aromatic amines is 1. The Morgan fingerprint density at radius 2 is 2.10 bits per heavy atom. The lowest BCUT2D eigenvalue weighted by molar-refractivity contribution is -0.126. The van der Waals surface area contributed by atoms with Crippen LogP contribution in [0.5, 0.6) is 0 Å². The summed E-state index contributed by atoms with van der Waals surface area (Å²) in [5.41, 5.74) is 0. The third kappa shape index (κ3) is 2.29. The van der Waals surface area contributed by atoms with E-state index >= 15 is 0 Å². The lowest BCUT2D eigenvalue weighted by atomic mass is 9.82. The molecule has 1 aromatic heterocycles. The van der Waals surface area contributed by atoms with Crippen LogP contribution in [-0.2, 0) is 14.8 Å². The number of H-pyrrole nitrogens is 1. The van der Waals surface area contributed by atoms with Crippen molar-refractivity contribution in [2.45, 2.75) is 49.5 Å². The monoisotopic (exact) mass is 297 g/mol. The van der Waals surface area contributed by atoms with Crippen LogP contribution in [0.4, 0.5) is 0 Å². The smallest absolute Gasteiger partial charge is 0.246 e. The van der Waals surface area contributed by atoms with Gasteiger partial charge in [-0.05, 0) is 25.7 Å². The van der Waals surface area contributed by atoms with Crippen molar-refractivity contribution in [2.24, 2.45) is 5.92 Å². The Hall–Kier alpha value is -1.21. The van der Waals surface area contributed by atoms with E-state index in [0.717, 1.165) is 32.1 Å². The van der Waals surface area contributed by atoms with Gasteiger partial charge in [-0.25, -0.2) is 8.42 Å². The molecule has 7 heteroatoms. The van der Waals surface area contributed by atoms with E-state index in [1.165, 1.54) is 16.7 Å². The average Bonchev–Trinajstić information content (AvgIpc) is 3.11. The van der Waals surface area contributed by atoms with E-state index in [0.29, 0.717) is 13.0 Å². The summed E-state index contributed by atoms with van der Waals surface area (Å²) in [4.78, 5) is 12.3. The third-order valence-corrected chi connectivity index (χ3v) is 6.28. The number of nitrogens with one attached hydrogen (secondary N) is 1. The van der Waals surface area contributed by atoms with Crippen molar-refractivity contribution in [2.75, 3.05) is 6.54 Å². The molecule has 0 spiro atoms. The molecule has 2 fully saturated rings. The van der Waals surface area contributed by atoms with Gasteiger partial charge < -0.3 is 0 Å². The van der Waals surface area contributed by atoms with Crippen molar-refractivity contribution in [1.82, 2.24) is 14.5 Å². The summed E-state index contributed by atoms with van der Waals surface area (Å²) in [6, 6.07) is -0.164. The molecule has 1 saturated carbocycles. The summed E-state index contributed by atoms with van der Waals surface area (Å²) in [5, 5.41) is 6.25. The maximum absolute atomic E-state index is 12.6. The fraction of sp³-hybridized carbons (Fsp3) is 0.692. The van der Waals surface area contributed by atoms with Crippen molar-refractivity contribution in [3.05, 3.63) is 12.4 Å². The highest BCUT2D eigenvalue weighted by molar-refractivity contribution is 7.89.